The summed E-state index contributed by atoms with van der Waals surface area (Å²) in [4.78, 5) is 38.3. The molecule has 0 spiro atoms. The quantitative estimate of drug-likeness (QED) is 0.210. The van der Waals surface area contributed by atoms with E-state index in [4.69, 9.17) is 27.9 Å². The molecule has 1 fully saturated rings. The molecule has 146 valence electrons. The minimum absolute atomic E-state index is 0.0500. The Labute approximate surface area is 164 Å². The molecule has 0 aromatic heterocycles. The van der Waals surface area contributed by atoms with Gasteiger partial charge in [-0.05, 0) is 31.9 Å². The fourth-order valence-electron chi connectivity index (χ4n) is 2.27. The van der Waals surface area contributed by atoms with Gasteiger partial charge in [-0.1, -0.05) is 38.6 Å². The van der Waals surface area contributed by atoms with E-state index < -0.39 is 35.1 Å². The van der Waals surface area contributed by atoms with E-state index in [2.05, 4.69) is 18.5 Å². The average Bonchev–Trinajstić information content (AvgIpc) is 2.61. The van der Waals surface area contributed by atoms with Gasteiger partial charge in [-0.25, -0.2) is 4.79 Å². The summed E-state index contributed by atoms with van der Waals surface area (Å²) in [6.45, 7) is 14.3. The van der Waals surface area contributed by atoms with Gasteiger partial charge < -0.3 is 15.0 Å². The van der Waals surface area contributed by atoms with Crippen LogP contribution in [0.1, 0.15) is 34.1 Å². The van der Waals surface area contributed by atoms with E-state index >= 15 is 0 Å². The van der Waals surface area contributed by atoms with Gasteiger partial charge in [0.2, 0.25) is 5.91 Å². The van der Waals surface area contributed by atoms with E-state index in [9.17, 15) is 14.4 Å². The molecule has 0 saturated carbocycles. The fraction of sp³-hybridized carbons (Fsp3) is 0.611. The van der Waals surface area contributed by atoms with Crippen molar-refractivity contribution in [3.8, 4) is 0 Å². The Morgan fingerprint density at radius 3 is 2.46 bits per heavy atom. The first kappa shape index (κ1) is 22.5. The molecule has 0 aromatic rings. The largest absolute Gasteiger partial charge is 0.454 e. The number of esters is 1. The lowest BCUT2D eigenvalue weighted by atomic mass is 9.98. The van der Waals surface area contributed by atoms with E-state index in [1.54, 1.807) is 20.8 Å². The Bertz CT molecular complexity index is 606. The average molecular weight is 405 g/mol. The van der Waals surface area contributed by atoms with Crippen molar-refractivity contribution < 1.29 is 19.1 Å². The van der Waals surface area contributed by atoms with Crippen LogP contribution in [0, 0.1) is 5.92 Å². The van der Waals surface area contributed by atoms with Crippen LogP contribution in [0.2, 0.25) is 0 Å². The van der Waals surface area contributed by atoms with Gasteiger partial charge in [-0.2, -0.15) is 0 Å². The molecule has 8 heteroatoms. The number of β-lactam (4-membered cyclic amide) rings is 1. The van der Waals surface area contributed by atoms with E-state index in [-0.39, 0.29) is 23.3 Å². The highest BCUT2D eigenvalue weighted by molar-refractivity contribution is 6.27. The molecule has 6 nitrogen and oxygen atoms in total. The standard InChI is InChI=1S/C18H26Cl2N2O4/c1-7-10(3)15(23)21-12-14(20)22(16(12)24)13(11(4)9-19)17(25)26-18(5,6)8-2/h8,10,12-14H,2,4,7,9H2,1,3,5-6H3,(H,21,23). The van der Waals surface area contributed by atoms with Crippen molar-refractivity contribution in [3.05, 3.63) is 24.8 Å². The number of alkyl halides is 2. The zero-order valence-corrected chi connectivity index (χ0v) is 17.1. The maximum Gasteiger partial charge on any atom is 0.334 e. The van der Waals surface area contributed by atoms with E-state index in [1.807, 2.05) is 6.92 Å². The van der Waals surface area contributed by atoms with Gasteiger partial charge in [-0.3, -0.25) is 9.59 Å². The highest BCUT2D eigenvalue weighted by Crippen LogP contribution is 2.31. The first-order valence-electron chi connectivity index (χ1n) is 8.37. The topological polar surface area (TPSA) is 75.7 Å². The molecule has 0 aromatic carbocycles. The first-order valence-corrected chi connectivity index (χ1v) is 9.34. The van der Waals surface area contributed by atoms with E-state index in [0.29, 0.717) is 6.42 Å². The molecular weight excluding hydrogens is 379 g/mol. The molecule has 2 amide bonds. The highest BCUT2D eigenvalue weighted by atomic mass is 35.5. The van der Waals surface area contributed by atoms with Gasteiger partial charge in [0.25, 0.3) is 5.91 Å². The van der Waals surface area contributed by atoms with Crippen LogP contribution in [0.4, 0.5) is 0 Å². The molecule has 1 saturated heterocycles. The van der Waals surface area contributed by atoms with Crippen molar-refractivity contribution in [2.45, 2.75) is 57.3 Å². The molecule has 1 heterocycles. The van der Waals surface area contributed by atoms with Crippen LogP contribution in [0.3, 0.4) is 0 Å². The van der Waals surface area contributed by atoms with Crippen LogP contribution in [-0.2, 0) is 19.1 Å². The predicted molar refractivity (Wildman–Crippen MR) is 102 cm³/mol. The number of ether oxygens (including phenoxy) is 1. The molecule has 1 rings (SSSR count). The summed E-state index contributed by atoms with van der Waals surface area (Å²) >= 11 is 12.1. The summed E-state index contributed by atoms with van der Waals surface area (Å²) in [5, 5.41) is 2.61. The molecule has 0 bridgehead atoms. The fourth-order valence-corrected chi connectivity index (χ4v) is 2.79. The van der Waals surface area contributed by atoms with Crippen molar-refractivity contribution in [3.63, 3.8) is 0 Å². The monoisotopic (exact) mass is 404 g/mol. The Morgan fingerprint density at radius 1 is 1.46 bits per heavy atom. The van der Waals surface area contributed by atoms with Crippen molar-refractivity contribution >= 4 is 41.0 Å². The van der Waals surface area contributed by atoms with E-state index in [1.165, 1.54) is 6.08 Å². The van der Waals surface area contributed by atoms with Crippen molar-refractivity contribution in [1.29, 1.82) is 0 Å². The van der Waals surface area contributed by atoms with Crippen molar-refractivity contribution in [2.75, 3.05) is 5.88 Å². The second-order valence-corrected chi connectivity index (χ2v) is 7.55. The summed E-state index contributed by atoms with van der Waals surface area (Å²) < 4.78 is 5.38. The predicted octanol–water partition coefficient (Wildman–Crippen LogP) is 2.60. The van der Waals surface area contributed by atoms with Crippen molar-refractivity contribution in [1.82, 2.24) is 10.2 Å². The number of likely N-dealkylation sites (tertiary alicyclic amines) is 1. The molecule has 1 aliphatic heterocycles. The Balaban J connectivity index is 2.95. The zero-order valence-electron chi connectivity index (χ0n) is 15.6. The van der Waals surface area contributed by atoms with Crippen LogP contribution in [0.25, 0.3) is 0 Å². The number of amides is 2. The summed E-state index contributed by atoms with van der Waals surface area (Å²) in [6, 6.07) is -2.03. The Hall–Kier alpha value is -1.53. The smallest absolute Gasteiger partial charge is 0.334 e. The van der Waals surface area contributed by atoms with Crippen LogP contribution in [-0.4, -0.2) is 51.7 Å². The molecule has 1 aliphatic rings. The summed E-state index contributed by atoms with van der Waals surface area (Å²) in [5.41, 5.74) is -1.55. The number of rotatable bonds is 9. The third-order valence-corrected chi connectivity index (χ3v) is 5.14. The normalized spacial score (nSPS) is 22.1. The van der Waals surface area contributed by atoms with Gasteiger partial charge in [0.1, 0.15) is 17.1 Å². The maximum absolute atomic E-state index is 12.6. The molecular formula is C18H26Cl2N2O4. The Kier molecular flexibility index (Phi) is 7.71. The summed E-state index contributed by atoms with van der Waals surface area (Å²) in [5.74, 6) is -1.74. The SMILES string of the molecule is C=CC(C)(C)OC(=O)C(C(=C)CCl)N1C(=O)C(NC(=O)C(C)CC)C1Cl. The number of hydrogen-bond donors (Lipinski definition) is 1. The summed E-state index contributed by atoms with van der Waals surface area (Å²) in [6.07, 6.45) is 2.11. The number of carbonyl (C=O) groups is 3. The van der Waals surface area contributed by atoms with Gasteiger partial charge in [0.15, 0.2) is 6.04 Å². The molecule has 4 unspecified atom stereocenters. The molecule has 0 aliphatic carbocycles. The molecule has 26 heavy (non-hydrogen) atoms. The third kappa shape index (κ3) is 4.80. The summed E-state index contributed by atoms with van der Waals surface area (Å²) in [7, 11) is 0. The Morgan fingerprint density at radius 2 is 2.04 bits per heavy atom. The van der Waals surface area contributed by atoms with Crippen LogP contribution < -0.4 is 5.32 Å². The second kappa shape index (κ2) is 8.91. The van der Waals surface area contributed by atoms with Gasteiger partial charge in [0.05, 0.1) is 0 Å². The minimum atomic E-state index is -1.13. The second-order valence-electron chi connectivity index (χ2n) is 6.84. The lowest BCUT2D eigenvalue weighted by molar-refractivity contribution is -0.168. The van der Waals surface area contributed by atoms with Crippen LogP contribution >= 0.6 is 23.2 Å². The maximum atomic E-state index is 12.6. The van der Waals surface area contributed by atoms with Crippen LogP contribution in [0.5, 0.6) is 0 Å². The number of carbonyl (C=O) groups excluding carboxylic acids is 3. The number of hydrogen-bond acceptors (Lipinski definition) is 4. The minimum Gasteiger partial charge on any atom is -0.454 e. The van der Waals surface area contributed by atoms with E-state index in [0.717, 1.165) is 4.90 Å². The van der Waals surface area contributed by atoms with Gasteiger partial charge in [0, 0.05) is 11.8 Å². The van der Waals surface area contributed by atoms with Gasteiger partial charge >= 0.3 is 5.97 Å². The molecule has 4 atom stereocenters. The number of nitrogens with one attached hydrogen (secondary N) is 1. The van der Waals surface area contributed by atoms with Gasteiger partial charge in [-0.15, -0.1) is 11.6 Å². The van der Waals surface area contributed by atoms with Crippen molar-refractivity contribution in [2.24, 2.45) is 5.92 Å². The first-order chi connectivity index (χ1) is 12.0. The zero-order chi connectivity index (χ0) is 20.2. The number of halogens is 2. The molecule has 0 radical (unpaired) electrons. The highest BCUT2D eigenvalue weighted by Gasteiger charge is 2.53. The third-order valence-electron chi connectivity index (χ3n) is 4.33. The number of nitrogens with zero attached hydrogens (tertiary/aromatic N) is 1. The lowest BCUT2D eigenvalue weighted by Crippen LogP contribution is -2.72. The molecule has 1 N–H and O–H groups in total. The van der Waals surface area contributed by atoms with Crippen LogP contribution in [0.15, 0.2) is 24.8 Å². The lowest BCUT2D eigenvalue weighted by Gasteiger charge is -2.47.